The maximum Gasteiger partial charge on any atom is 0.303 e. The Balaban J connectivity index is 1.74. The van der Waals surface area contributed by atoms with Crippen LogP contribution in [0.25, 0.3) is 0 Å². The third-order valence-corrected chi connectivity index (χ3v) is 14.2. The number of carboxylic acid groups (broad SMARTS) is 1. The number of likely N-dealkylation sites (tertiary alicyclic amines) is 1. The highest BCUT2D eigenvalue weighted by molar-refractivity contribution is 6.74. The molecule has 0 aromatic heterocycles. The Bertz CT molecular complexity index is 1400. The summed E-state index contributed by atoms with van der Waals surface area (Å²) in [7, 11) is 1.21. The quantitative estimate of drug-likeness (QED) is 0.102. The first-order chi connectivity index (χ1) is 22.3. The number of carbonyl (C=O) groups is 2. The van der Waals surface area contributed by atoms with Crippen molar-refractivity contribution in [2.75, 3.05) is 27.4 Å². The van der Waals surface area contributed by atoms with Crippen molar-refractivity contribution in [2.45, 2.75) is 88.8 Å². The molecule has 47 heavy (non-hydrogen) atoms. The van der Waals surface area contributed by atoms with Crippen molar-refractivity contribution in [3.63, 3.8) is 0 Å². The van der Waals surface area contributed by atoms with Crippen LogP contribution in [-0.4, -0.2) is 69.7 Å². The molecule has 1 aliphatic rings. The van der Waals surface area contributed by atoms with E-state index in [1.807, 2.05) is 71.6 Å². The number of amides is 1. The molecule has 9 heteroatoms. The molecular weight excluding hydrogens is 611 g/mol. The van der Waals surface area contributed by atoms with Gasteiger partial charge in [-0.15, -0.1) is 0 Å². The highest BCUT2D eigenvalue weighted by Crippen LogP contribution is 2.44. The van der Waals surface area contributed by atoms with E-state index >= 15 is 0 Å². The number of rotatable bonds is 15. The van der Waals surface area contributed by atoms with Crippen molar-refractivity contribution in [1.29, 1.82) is 0 Å². The fourth-order valence-electron chi connectivity index (χ4n) is 5.92. The van der Waals surface area contributed by atoms with Crippen molar-refractivity contribution in [3.05, 3.63) is 95.6 Å². The number of carbonyl (C=O) groups excluding carboxylic acids is 1. The van der Waals surface area contributed by atoms with Crippen LogP contribution in [0.5, 0.6) is 11.5 Å². The lowest BCUT2D eigenvalue weighted by Crippen LogP contribution is -2.46. The number of aliphatic carboxylic acids is 1. The average Bonchev–Trinajstić information content (AvgIpc) is 3.47. The number of carboxylic acids is 1. The second kappa shape index (κ2) is 15.5. The van der Waals surface area contributed by atoms with Gasteiger partial charge in [-0.1, -0.05) is 75.4 Å². The Kier molecular flexibility index (Phi) is 11.9. The van der Waals surface area contributed by atoms with Gasteiger partial charge in [-0.2, -0.15) is 0 Å². The molecule has 1 N–H and O–H groups in total. The van der Waals surface area contributed by atoms with Gasteiger partial charge in [0.05, 0.1) is 33.0 Å². The molecule has 0 radical (unpaired) electrons. The van der Waals surface area contributed by atoms with Crippen LogP contribution in [0.15, 0.2) is 78.9 Å². The van der Waals surface area contributed by atoms with Gasteiger partial charge in [0.2, 0.25) is 5.91 Å². The summed E-state index contributed by atoms with van der Waals surface area (Å²) in [6.07, 6.45) is 1.63. The molecule has 0 unspecified atom stereocenters. The second-order valence-electron chi connectivity index (χ2n) is 13.9. The number of ether oxygens (including phenoxy) is 3. The maximum absolute atomic E-state index is 13.7. The zero-order chi connectivity index (χ0) is 34.2. The van der Waals surface area contributed by atoms with Gasteiger partial charge < -0.3 is 28.6 Å². The Morgan fingerprint density at radius 3 is 1.81 bits per heavy atom. The van der Waals surface area contributed by atoms with E-state index < -0.39 is 19.9 Å². The summed E-state index contributed by atoms with van der Waals surface area (Å²) >= 11 is 0. The lowest BCUT2D eigenvalue weighted by Gasteiger charge is -2.38. The highest BCUT2D eigenvalue weighted by Gasteiger charge is 2.46. The first-order valence-corrected chi connectivity index (χ1v) is 19.4. The summed E-state index contributed by atoms with van der Waals surface area (Å²) in [5.74, 6) is 0.647. The van der Waals surface area contributed by atoms with E-state index in [1.165, 1.54) is 0 Å². The van der Waals surface area contributed by atoms with Gasteiger partial charge in [-0.3, -0.25) is 9.59 Å². The zero-order valence-corrected chi connectivity index (χ0v) is 30.0. The van der Waals surface area contributed by atoms with Crippen molar-refractivity contribution < 1.29 is 33.3 Å². The van der Waals surface area contributed by atoms with E-state index in [4.69, 9.17) is 23.7 Å². The molecule has 3 aromatic carbocycles. The molecular formula is C38H51NO7Si. The molecule has 1 amide bonds. The monoisotopic (exact) mass is 661 g/mol. The fourth-order valence-corrected chi connectivity index (χ4v) is 6.96. The van der Waals surface area contributed by atoms with E-state index in [0.717, 1.165) is 28.2 Å². The Morgan fingerprint density at radius 2 is 1.32 bits per heavy atom. The van der Waals surface area contributed by atoms with Gasteiger partial charge in [0, 0.05) is 19.4 Å². The Morgan fingerprint density at radius 1 is 0.809 bits per heavy atom. The van der Waals surface area contributed by atoms with Crippen LogP contribution < -0.4 is 9.47 Å². The first-order valence-electron chi connectivity index (χ1n) is 16.5. The Hall–Kier alpha value is -3.66. The Labute approximate surface area is 281 Å². The predicted octanol–water partition coefficient (Wildman–Crippen LogP) is 7.65. The minimum absolute atomic E-state index is 0.00419. The number of methoxy groups -OCH3 is 2. The van der Waals surface area contributed by atoms with Crippen molar-refractivity contribution in [1.82, 2.24) is 4.90 Å². The molecule has 0 saturated carbocycles. The summed E-state index contributed by atoms with van der Waals surface area (Å²) in [6.45, 7) is 11.9. The van der Waals surface area contributed by atoms with Crippen LogP contribution in [0.2, 0.25) is 18.1 Å². The van der Waals surface area contributed by atoms with E-state index in [0.29, 0.717) is 32.4 Å². The standard InChI is InChI=1S/C38H51NO7Si/c1-37(2,3)47(6,7)45-27-31-25-34(26-39(31)35(40)15-11-12-16-36(41)42)46-38(28-13-9-8-10-14-28,29-17-21-32(43-4)22-18-29)30-19-23-33(44-5)24-20-30/h8-10,13-14,17-24,31,34H,11-12,15-16,25-27H2,1-7H3,(H,41,42)/t31-,34+/m0/s1. The van der Waals surface area contributed by atoms with Crippen LogP contribution in [0, 0.1) is 0 Å². The third kappa shape index (κ3) is 8.63. The van der Waals surface area contributed by atoms with Gasteiger partial charge in [0.15, 0.2) is 8.32 Å². The van der Waals surface area contributed by atoms with Crippen LogP contribution in [0.1, 0.15) is 69.6 Å². The van der Waals surface area contributed by atoms with Gasteiger partial charge in [-0.25, -0.2) is 0 Å². The van der Waals surface area contributed by atoms with E-state index in [2.05, 4.69) is 46.0 Å². The van der Waals surface area contributed by atoms with E-state index in [9.17, 15) is 9.59 Å². The number of nitrogens with zero attached hydrogens (tertiary/aromatic N) is 1. The molecule has 3 aromatic rings. The molecule has 1 fully saturated rings. The molecule has 0 aliphatic carbocycles. The molecule has 2 atom stereocenters. The van der Waals surface area contributed by atoms with Crippen LogP contribution >= 0.6 is 0 Å². The van der Waals surface area contributed by atoms with Crippen molar-refractivity contribution in [2.24, 2.45) is 0 Å². The summed E-state index contributed by atoms with van der Waals surface area (Å²) in [5, 5.41) is 9.12. The summed E-state index contributed by atoms with van der Waals surface area (Å²) < 4.78 is 25.1. The SMILES string of the molecule is COc1ccc(C(O[C@@H]2C[C@@H](CO[Si](C)(C)C(C)(C)C)N(C(=O)CCCCC(=O)O)C2)(c2ccccc2)c2ccc(OC)cc2)cc1. The topological polar surface area (TPSA) is 94.5 Å². The number of benzene rings is 3. The van der Waals surface area contributed by atoms with Crippen molar-refractivity contribution >= 4 is 20.2 Å². The summed E-state index contributed by atoms with van der Waals surface area (Å²) in [4.78, 5) is 26.7. The van der Waals surface area contributed by atoms with E-state index in [1.54, 1.807) is 14.2 Å². The normalized spacial score (nSPS) is 17.0. The van der Waals surface area contributed by atoms with Crippen LogP contribution in [0.3, 0.4) is 0 Å². The number of unbranched alkanes of at least 4 members (excludes halogenated alkanes) is 1. The fraction of sp³-hybridized carbons (Fsp3) is 0.474. The molecule has 254 valence electrons. The molecule has 1 aliphatic heterocycles. The zero-order valence-electron chi connectivity index (χ0n) is 29.0. The third-order valence-electron chi connectivity index (χ3n) is 9.69. The average molecular weight is 662 g/mol. The molecule has 8 nitrogen and oxygen atoms in total. The van der Waals surface area contributed by atoms with Gasteiger partial charge in [-0.05, 0) is 78.4 Å². The number of hydrogen-bond donors (Lipinski definition) is 1. The van der Waals surface area contributed by atoms with Crippen LogP contribution in [-0.2, 0) is 24.4 Å². The molecule has 0 bridgehead atoms. The lowest BCUT2D eigenvalue weighted by atomic mass is 9.79. The smallest absolute Gasteiger partial charge is 0.303 e. The highest BCUT2D eigenvalue weighted by atomic mass is 28.4. The predicted molar refractivity (Wildman–Crippen MR) is 187 cm³/mol. The summed E-state index contributed by atoms with van der Waals surface area (Å²) in [6, 6.07) is 25.9. The second-order valence-corrected chi connectivity index (χ2v) is 18.7. The largest absolute Gasteiger partial charge is 0.497 e. The lowest BCUT2D eigenvalue weighted by molar-refractivity contribution is -0.138. The molecule has 1 saturated heterocycles. The van der Waals surface area contributed by atoms with Gasteiger partial charge >= 0.3 is 5.97 Å². The molecule has 1 heterocycles. The molecule has 0 spiro atoms. The van der Waals surface area contributed by atoms with Crippen LogP contribution in [0.4, 0.5) is 0 Å². The summed E-state index contributed by atoms with van der Waals surface area (Å²) in [5.41, 5.74) is 1.82. The van der Waals surface area contributed by atoms with Crippen molar-refractivity contribution in [3.8, 4) is 11.5 Å². The minimum atomic E-state index is -2.09. The molecule has 4 rings (SSSR count). The number of hydrogen-bond acceptors (Lipinski definition) is 6. The first kappa shape index (κ1) is 36.2. The van der Waals surface area contributed by atoms with Gasteiger partial charge in [0.25, 0.3) is 0 Å². The van der Waals surface area contributed by atoms with E-state index in [-0.39, 0.29) is 35.9 Å². The minimum Gasteiger partial charge on any atom is -0.497 e. The maximum atomic E-state index is 13.7. The van der Waals surface area contributed by atoms with Gasteiger partial charge in [0.1, 0.15) is 17.1 Å².